The fourth-order valence-electron chi connectivity index (χ4n) is 5.80. The van der Waals surface area contributed by atoms with E-state index in [-0.39, 0.29) is 18.1 Å². The summed E-state index contributed by atoms with van der Waals surface area (Å²) in [5, 5.41) is 3.05. The summed E-state index contributed by atoms with van der Waals surface area (Å²) in [6.07, 6.45) is 8.16. The second-order valence-corrected chi connectivity index (χ2v) is 10.4. The first-order valence-electron chi connectivity index (χ1n) is 12.9. The third-order valence-electron chi connectivity index (χ3n) is 7.90. The van der Waals surface area contributed by atoms with Gasteiger partial charge in [0.15, 0.2) is 0 Å². The molecule has 4 nitrogen and oxygen atoms in total. The van der Waals surface area contributed by atoms with Crippen LogP contribution in [0.4, 0.5) is 13.2 Å². The highest BCUT2D eigenvalue weighted by molar-refractivity contribution is 6.12. The summed E-state index contributed by atoms with van der Waals surface area (Å²) in [5.74, 6) is 0.511. The van der Waals surface area contributed by atoms with Gasteiger partial charge in [0.25, 0.3) is 5.91 Å². The highest BCUT2D eigenvalue weighted by Crippen LogP contribution is 2.46. The molecular weight excluding hydrogens is 475 g/mol. The van der Waals surface area contributed by atoms with Crippen molar-refractivity contribution in [3.05, 3.63) is 106 Å². The number of allylic oxidation sites excluding steroid dienone is 3. The van der Waals surface area contributed by atoms with E-state index in [1.165, 1.54) is 37.1 Å². The van der Waals surface area contributed by atoms with Crippen LogP contribution < -0.4 is 5.32 Å². The fourth-order valence-corrected chi connectivity index (χ4v) is 5.80. The molecule has 1 aliphatic carbocycles. The lowest BCUT2D eigenvalue weighted by molar-refractivity contribution is -0.118. The number of fused-ring (bicyclic) bond motifs is 2. The van der Waals surface area contributed by atoms with E-state index in [9.17, 15) is 18.0 Å². The molecule has 1 fully saturated rings. The van der Waals surface area contributed by atoms with Crippen molar-refractivity contribution >= 4 is 11.6 Å². The second-order valence-electron chi connectivity index (χ2n) is 10.4. The molecule has 3 heterocycles. The highest BCUT2D eigenvalue weighted by atomic mass is 19.1. The number of amides is 1. The van der Waals surface area contributed by atoms with Crippen molar-refractivity contribution in [1.82, 2.24) is 10.2 Å². The number of benzene rings is 2. The van der Waals surface area contributed by atoms with Gasteiger partial charge in [-0.2, -0.15) is 0 Å². The Balaban J connectivity index is 1.44. The number of aliphatic imine (C=N–C) groups is 1. The molecule has 2 aromatic rings. The van der Waals surface area contributed by atoms with Crippen LogP contribution in [0, 0.1) is 35.2 Å². The second kappa shape index (κ2) is 9.36. The van der Waals surface area contributed by atoms with Crippen LogP contribution in [0.1, 0.15) is 43.7 Å². The SMILES string of the molecule is CCC1C=C2NC(=O)C3=C(CC(Cc4ccc(F)cc4F)=CC(c4ccc(F)cc4)=N3)N2CC1C1CC1. The monoisotopic (exact) mass is 503 g/mol. The minimum absolute atomic E-state index is 0.237. The smallest absolute Gasteiger partial charge is 0.277 e. The summed E-state index contributed by atoms with van der Waals surface area (Å²) >= 11 is 0. The van der Waals surface area contributed by atoms with Crippen molar-refractivity contribution in [3.8, 4) is 0 Å². The maximum atomic E-state index is 14.6. The van der Waals surface area contributed by atoms with Gasteiger partial charge in [-0.3, -0.25) is 4.79 Å². The van der Waals surface area contributed by atoms with Crippen molar-refractivity contribution in [2.45, 2.75) is 39.0 Å². The van der Waals surface area contributed by atoms with Gasteiger partial charge in [-0.15, -0.1) is 0 Å². The Morgan fingerprint density at radius 3 is 2.51 bits per heavy atom. The molecule has 1 N–H and O–H groups in total. The topological polar surface area (TPSA) is 44.7 Å². The fraction of sp³-hybridized carbons (Fsp3) is 0.333. The van der Waals surface area contributed by atoms with E-state index in [0.29, 0.717) is 46.7 Å². The standard InChI is InChI=1S/C30H28F3N3O/c1-2-18-14-28-35-30(37)29-27(36(28)16-24(18)19-3-4-19)13-17(11-21-7-10-23(32)15-25(21)33)12-26(34-29)20-5-8-22(31)9-6-20/h5-10,12,14-15,18-19,24H,2-4,11,13,16H2,1H3,(H,35,37). The number of hydrogen-bond donors (Lipinski definition) is 1. The number of nitrogens with zero attached hydrogens (tertiary/aromatic N) is 2. The number of nitrogens with one attached hydrogen (secondary N) is 1. The number of carbonyl (C=O) groups excluding carboxylic acids is 1. The Morgan fingerprint density at radius 2 is 1.81 bits per heavy atom. The first-order chi connectivity index (χ1) is 17.9. The average molecular weight is 504 g/mol. The van der Waals surface area contributed by atoms with Gasteiger partial charge < -0.3 is 10.2 Å². The van der Waals surface area contributed by atoms with E-state index in [1.54, 1.807) is 12.1 Å². The lowest BCUT2D eigenvalue weighted by Crippen LogP contribution is -2.48. The van der Waals surface area contributed by atoms with Gasteiger partial charge in [-0.1, -0.05) is 18.6 Å². The molecule has 2 aromatic carbocycles. The van der Waals surface area contributed by atoms with Gasteiger partial charge in [-0.25, -0.2) is 18.2 Å². The van der Waals surface area contributed by atoms with Crippen LogP contribution in [0.3, 0.4) is 0 Å². The van der Waals surface area contributed by atoms with Gasteiger partial charge in [0.1, 0.15) is 29.0 Å². The van der Waals surface area contributed by atoms with E-state index in [0.717, 1.165) is 36.1 Å². The number of hydrogen-bond acceptors (Lipinski definition) is 3. The normalized spacial score (nSPS) is 23.4. The molecule has 190 valence electrons. The molecule has 0 aromatic heterocycles. The van der Waals surface area contributed by atoms with Gasteiger partial charge in [0.05, 0.1) is 11.4 Å². The van der Waals surface area contributed by atoms with E-state index < -0.39 is 11.6 Å². The van der Waals surface area contributed by atoms with Crippen molar-refractivity contribution in [2.24, 2.45) is 22.7 Å². The molecule has 1 amide bonds. The average Bonchev–Trinajstić information content (AvgIpc) is 3.73. The van der Waals surface area contributed by atoms with Gasteiger partial charge >= 0.3 is 0 Å². The molecule has 0 radical (unpaired) electrons. The molecule has 0 saturated heterocycles. The van der Waals surface area contributed by atoms with E-state index in [1.807, 2.05) is 6.08 Å². The Morgan fingerprint density at radius 1 is 1.05 bits per heavy atom. The van der Waals surface area contributed by atoms with Crippen LogP contribution in [0.15, 0.2) is 82.4 Å². The molecule has 6 rings (SSSR count). The molecular formula is C30H28F3N3O. The Labute approximate surface area is 214 Å². The molecule has 1 saturated carbocycles. The largest absolute Gasteiger partial charge is 0.329 e. The minimum Gasteiger partial charge on any atom is -0.329 e. The molecule has 0 spiro atoms. The van der Waals surface area contributed by atoms with Gasteiger partial charge in [0, 0.05) is 24.6 Å². The van der Waals surface area contributed by atoms with E-state index >= 15 is 0 Å². The number of halogens is 3. The summed E-state index contributed by atoms with van der Waals surface area (Å²) in [6.45, 7) is 2.98. The molecule has 0 bridgehead atoms. The summed E-state index contributed by atoms with van der Waals surface area (Å²) in [7, 11) is 0. The van der Waals surface area contributed by atoms with E-state index in [4.69, 9.17) is 4.99 Å². The van der Waals surface area contributed by atoms with Crippen LogP contribution in [0.5, 0.6) is 0 Å². The lowest BCUT2D eigenvalue weighted by Gasteiger charge is -2.43. The maximum absolute atomic E-state index is 14.6. The third kappa shape index (κ3) is 4.63. The van der Waals surface area contributed by atoms with Gasteiger partial charge in [0.2, 0.25) is 0 Å². The third-order valence-corrected chi connectivity index (χ3v) is 7.90. The zero-order valence-electron chi connectivity index (χ0n) is 20.6. The maximum Gasteiger partial charge on any atom is 0.277 e. The summed E-state index contributed by atoms with van der Waals surface area (Å²) in [4.78, 5) is 20.3. The first kappa shape index (κ1) is 23.8. The molecule has 7 heteroatoms. The molecule has 3 aliphatic heterocycles. The van der Waals surface area contributed by atoms with Crippen molar-refractivity contribution in [1.29, 1.82) is 0 Å². The predicted molar refractivity (Wildman–Crippen MR) is 136 cm³/mol. The van der Waals surface area contributed by atoms with Gasteiger partial charge in [-0.05, 0) is 91.5 Å². The summed E-state index contributed by atoms with van der Waals surface area (Å²) < 4.78 is 41.8. The lowest BCUT2D eigenvalue weighted by atomic mass is 9.82. The zero-order valence-corrected chi connectivity index (χ0v) is 20.6. The Kier molecular flexibility index (Phi) is 6.01. The molecule has 37 heavy (non-hydrogen) atoms. The van der Waals surface area contributed by atoms with Crippen LogP contribution >= 0.6 is 0 Å². The number of rotatable bonds is 5. The van der Waals surface area contributed by atoms with Crippen molar-refractivity contribution < 1.29 is 18.0 Å². The van der Waals surface area contributed by atoms with Crippen LogP contribution in [0.25, 0.3) is 0 Å². The Hall–Kier alpha value is -3.61. The number of carbonyl (C=O) groups is 1. The van der Waals surface area contributed by atoms with Crippen LogP contribution in [-0.4, -0.2) is 23.1 Å². The summed E-state index contributed by atoms with van der Waals surface area (Å²) in [6, 6.07) is 9.53. The highest BCUT2D eigenvalue weighted by Gasteiger charge is 2.43. The van der Waals surface area contributed by atoms with Crippen LogP contribution in [-0.2, 0) is 11.2 Å². The molecule has 2 atom stereocenters. The molecule has 2 unspecified atom stereocenters. The van der Waals surface area contributed by atoms with Crippen molar-refractivity contribution in [3.63, 3.8) is 0 Å². The molecule has 4 aliphatic rings. The zero-order chi connectivity index (χ0) is 25.7. The van der Waals surface area contributed by atoms with E-state index in [2.05, 4.69) is 23.2 Å². The van der Waals surface area contributed by atoms with Crippen molar-refractivity contribution in [2.75, 3.05) is 6.54 Å². The predicted octanol–water partition coefficient (Wildman–Crippen LogP) is 6.02. The Bertz CT molecular complexity index is 1390. The first-order valence-corrected chi connectivity index (χ1v) is 12.9. The quantitative estimate of drug-likeness (QED) is 0.543. The minimum atomic E-state index is -0.627. The van der Waals surface area contributed by atoms with Crippen LogP contribution in [0.2, 0.25) is 0 Å². The summed E-state index contributed by atoms with van der Waals surface area (Å²) in [5.41, 5.74) is 3.49.